The fourth-order valence-electron chi connectivity index (χ4n) is 6.82. The van der Waals surface area contributed by atoms with Crippen LogP contribution in [0.5, 0.6) is 5.75 Å². The van der Waals surface area contributed by atoms with Gasteiger partial charge in [0.25, 0.3) is 5.91 Å². The van der Waals surface area contributed by atoms with Crippen LogP contribution in [0, 0.1) is 5.82 Å². The Balaban J connectivity index is 1.30. The molecule has 0 saturated carbocycles. The van der Waals surface area contributed by atoms with Gasteiger partial charge in [-0.2, -0.15) is 0 Å². The van der Waals surface area contributed by atoms with E-state index in [0.29, 0.717) is 132 Å². The van der Waals surface area contributed by atoms with E-state index >= 15 is 0 Å². The van der Waals surface area contributed by atoms with Crippen LogP contribution < -0.4 is 15.8 Å². The number of anilines is 1. The summed E-state index contributed by atoms with van der Waals surface area (Å²) in [6, 6.07) is 22.5. The SMILES string of the molecule is CC(C)c1c(C(=O)Nc2ccc(OCCOCCOCCOCCOCCOCCOCCN)cc2)c(-c2ccccc2)c(-c2ccc(F)cc2)n1CCC(O)CC(O)CC(=O)O. The molecular formula is C47H64FN3O12. The molecule has 4 aromatic rings. The molecule has 0 aliphatic heterocycles. The van der Waals surface area contributed by atoms with Crippen molar-refractivity contribution in [2.75, 3.05) is 97.8 Å². The van der Waals surface area contributed by atoms with Crippen molar-refractivity contribution in [2.24, 2.45) is 5.73 Å². The zero-order valence-corrected chi connectivity index (χ0v) is 36.4. The van der Waals surface area contributed by atoms with Crippen LogP contribution in [-0.2, 0) is 39.8 Å². The Hall–Kier alpha value is -4.75. The third kappa shape index (κ3) is 18.1. The molecule has 15 nitrogen and oxygen atoms in total. The van der Waals surface area contributed by atoms with Crippen LogP contribution in [0.4, 0.5) is 10.1 Å². The molecule has 4 rings (SSSR count). The molecule has 0 spiro atoms. The number of nitrogens with zero attached hydrogens (tertiary/aromatic N) is 1. The zero-order valence-electron chi connectivity index (χ0n) is 36.4. The van der Waals surface area contributed by atoms with E-state index in [0.717, 1.165) is 5.56 Å². The van der Waals surface area contributed by atoms with E-state index in [4.69, 9.17) is 44.0 Å². The minimum Gasteiger partial charge on any atom is -0.491 e. The van der Waals surface area contributed by atoms with E-state index in [-0.39, 0.29) is 31.2 Å². The molecule has 0 bridgehead atoms. The second kappa shape index (κ2) is 28.8. The number of aliphatic hydroxyl groups excluding tert-OH is 2. The number of carbonyl (C=O) groups excluding carboxylic acids is 1. The number of aliphatic hydroxyl groups is 2. The van der Waals surface area contributed by atoms with Crippen molar-refractivity contribution in [3.8, 4) is 28.1 Å². The maximum atomic E-state index is 14.5. The van der Waals surface area contributed by atoms with Crippen molar-refractivity contribution in [3.05, 3.63) is 95.9 Å². The summed E-state index contributed by atoms with van der Waals surface area (Å²) in [6.45, 7) is 10.5. The lowest BCUT2D eigenvalue weighted by atomic mass is 9.94. The van der Waals surface area contributed by atoms with Gasteiger partial charge in [-0.1, -0.05) is 44.2 Å². The van der Waals surface area contributed by atoms with Crippen molar-refractivity contribution in [1.29, 1.82) is 0 Å². The number of carbonyl (C=O) groups is 2. The number of nitrogens with two attached hydrogens (primary N) is 1. The van der Waals surface area contributed by atoms with Crippen LogP contribution >= 0.6 is 0 Å². The fraction of sp³-hybridized carbons (Fsp3) is 0.489. The van der Waals surface area contributed by atoms with Crippen LogP contribution in [-0.4, -0.2) is 136 Å². The third-order valence-corrected chi connectivity index (χ3v) is 9.63. The molecule has 6 N–H and O–H groups in total. The molecule has 1 heterocycles. The Morgan fingerprint density at radius 2 is 1.21 bits per heavy atom. The minimum atomic E-state index is -1.22. The van der Waals surface area contributed by atoms with Crippen LogP contribution in [0.1, 0.15) is 55.1 Å². The average molecular weight is 882 g/mol. The van der Waals surface area contributed by atoms with Gasteiger partial charge < -0.3 is 64.1 Å². The van der Waals surface area contributed by atoms with E-state index in [1.807, 2.05) is 48.7 Å². The first kappa shape index (κ1) is 50.9. The number of aromatic nitrogens is 1. The first-order valence-electron chi connectivity index (χ1n) is 21.4. The summed E-state index contributed by atoms with van der Waals surface area (Å²) in [6.07, 6.45) is -2.69. The third-order valence-electron chi connectivity index (χ3n) is 9.63. The van der Waals surface area contributed by atoms with Crippen LogP contribution in [0.15, 0.2) is 78.9 Å². The van der Waals surface area contributed by atoms with Crippen LogP contribution in [0.25, 0.3) is 22.4 Å². The molecule has 0 fully saturated rings. The van der Waals surface area contributed by atoms with Crippen molar-refractivity contribution >= 4 is 17.6 Å². The molecule has 0 radical (unpaired) electrons. The highest BCUT2D eigenvalue weighted by molar-refractivity contribution is 6.12. The molecular weight excluding hydrogens is 818 g/mol. The van der Waals surface area contributed by atoms with Gasteiger partial charge in [0.1, 0.15) is 18.2 Å². The number of halogens is 1. The molecule has 2 atom stereocenters. The Bertz CT molecular complexity index is 1890. The van der Waals surface area contributed by atoms with E-state index < -0.39 is 30.4 Å². The second-order valence-corrected chi connectivity index (χ2v) is 14.9. The van der Waals surface area contributed by atoms with Gasteiger partial charge >= 0.3 is 5.97 Å². The molecule has 63 heavy (non-hydrogen) atoms. The first-order chi connectivity index (χ1) is 30.6. The summed E-state index contributed by atoms with van der Waals surface area (Å²) in [4.78, 5) is 25.6. The van der Waals surface area contributed by atoms with Gasteiger partial charge in [0, 0.05) is 30.0 Å². The first-order valence-corrected chi connectivity index (χ1v) is 21.4. The number of hydrogen-bond acceptors (Lipinski definition) is 12. The number of hydrogen-bond donors (Lipinski definition) is 5. The number of amides is 1. The van der Waals surface area contributed by atoms with E-state index in [1.54, 1.807) is 36.4 Å². The monoisotopic (exact) mass is 881 g/mol. The number of benzene rings is 3. The summed E-state index contributed by atoms with van der Waals surface area (Å²) in [5, 5.41) is 33.3. The lowest BCUT2D eigenvalue weighted by Crippen LogP contribution is -2.22. The standard InChI is InChI=1S/C47H64FN3O12/c1-34(2)45-44(43(35-6-4-3-5-7-35)46(36-8-10-37(48)11-9-36)51(45)18-16-39(52)32-40(53)33-42(54)55)47(56)50-38-12-14-41(15-13-38)63-31-30-62-29-28-61-27-26-60-25-24-59-23-22-58-21-20-57-19-17-49/h3-15,34,39-40,52-53H,16-33,49H2,1-2H3,(H,50,56)(H,54,55). The Morgan fingerprint density at radius 3 is 1.71 bits per heavy atom. The topological polar surface area (TPSA) is 202 Å². The highest BCUT2D eigenvalue weighted by atomic mass is 19.1. The van der Waals surface area contributed by atoms with Gasteiger partial charge in [0.05, 0.1) is 109 Å². The largest absolute Gasteiger partial charge is 0.491 e. The van der Waals surface area contributed by atoms with Gasteiger partial charge in [-0.3, -0.25) is 9.59 Å². The maximum Gasteiger partial charge on any atom is 0.305 e. The summed E-state index contributed by atoms with van der Waals surface area (Å²) >= 11 is 0. The highest BCUT2D eigenvalue weighted by Crippen LogP contribution is 2.42. The quantitative estimate of drug-likeness (QED) is 0.0363. The van der Waals surface area contributed by atoms with Crippen molar-refractivity contribution in [1.82, 2.24) is 4.57 Å². The normalized spacial score (nSPS) is 12.4. The summed E-state index contributed by atoms with van der Waals surface area (Å²) < 4.78 is 54.8. The van der Waals surface area contributed by atoms with Crippen molar-refractivity contribution < 1.29 is 62.5 Å². The van der Waals surface area contributed by atoms with Crippen molar-refractivity contribution in [2.45, 2.75) is 57.8 Å². The molecule has 2 unspecified atom stereocenters. The zero-order chi connectivity index (χ0) is 45.2. The molecule has 0 aliphatic carbocycles. The van der Waals surface area contributed by atoms with Gasteiger partial charge in [-0.05, 0) is 78.4 Å². The summed E-state index contributed by atoms with van der Waals surface area (Å²) in [5.41, 5.74) is 9.75. The van der Waals surface area contributed by atoms with E-state index in [1.165, 1.54) is 12.1 Å². The van der Waals surface area contributed by atoms with E-state index in [2.05, 4.69) is 5.32 Å². The van der Waals surface area contributed by atoms with Gasteiger partial charge in [-0.25, -0.2) is 4.39 Å². The average Bonchev–Trinajstić information content (AvgIpc) is 3.61. The maximum absolute atomic E-state index is 14.5. The minimum absolute atomic E-state index is 0.127. The molecule has 0 aliphatic rings. The van der Waals surface area contributed by atoms with Gasteiger partial charge in [-0.15, -0.1) is 0 Å². The lowest BCUT2D eigenvalue weighted by Gasteiger charge is -2.20. The van der Waals surface area contributed by atoms with E-state index in [9.17, 15) is 24.2 Å². The number of ether oxygens (including phenoxy) is 7. The lowest BCUT2D eigenvalue weighted by molar-refractivity contribution is -0.139. The number of nitrogens with one attached hydrogen (secondary N) is 1. The Kier molecular flexibility index (Phi) is 23.3. The van der Waals surface area contributed by atoms with Crippen LogP contribution in [0.3, 0.4) is 0 Å². The fourth-order valence-corrected chi connectivity index (χ4v) is 6.82. The van der Waals surface area contributed by atoms with Crippen LogP contribution in [0.2, 0.25) is 0 Å². The molecule has 3 aromatic carbocycles. The number of carboxylic acids is 1. The predicted octanol–water partition coefficient (Wildman–Crippen LogP) is 5.75. The summed E-state index contributed by atoms with van der Waals surface area (Å²) in [7, 11) is 0. The van der Waals surface area contributed by atoms with Gasteiger partial charge in [0.2, 0.25) is 0 Å². The van der Waals surface area contributed by atoms with Crippen molar-refractivity contribution in [3.63, 3.8) is 0 Å². The molecule has 346 valence electrons. The Morgan fingerprint density at radius 1 is 0.683 bits per heavy atom. The second-order valence-electron chi connectivity index (χ2n) is 14.9. The van der Waals surface area contributed by atoms with Gasteiger partial charge in [0.15, 0.2) is 0 Å². The molecule has 0 saturated heterocycles. The summed E-state index contributed by atoms with van der Waals surface area (Å²) in [5.74, 6) is -1.52. The molecule has 1 amide bonds. The predicted molar refractivity (Wildman–Crippen MR) is 237 cm³/mol. The molecule has 1 aromatic heterocycles. The number of aliphatic carboxylic acids is 1. The molecule has 16 heteroatoms. The number of carboxylic acid groups (broad SMARTS) is 1. The smallest absolute Gasteiger partial charge is 0.305 e. The highest BCUT2D eigenvalue weighted by Gasteiger charge is 2.31. The Labute approximate surface area is 369 Å². The number of rotatable bonds is 33.